The van der Waals surface area contributed by atoms with Gasteiger partial charge in [-0.1, -0.05) is 61.2 Å². The topological polar surface area (TPSA) is 85.0 Å². The molecule has 9 rings (SSSR count). The van der Waals surface area contributed by atoms with E-state index in [-0.39, 0.29) is 0 Å². The number of nitriles is 2. The maximum atomic E-state index is 10.0. The molecule has 0 aliphatic carbocycles. The fraction of sp³-hybridized carbons (Fsp3) is 0.0435. The molecule has 0 aromatic heterocycles. The summed E-state index contributed by atoms with van der Waals surface area (Å²) in [6, 6.07) is 43.8. The number of nitrogens with zero attached hydrogens (tertiary/aromatic N) is 5. The number of allylic oxidation sites excluding steroid dienone is 3. The molecule has 0 spiro atoms. The lowest BCUT2D eigenvalue weighted by Gasteiger charge is -2.35. The molecule has 0 saturated heterocycles. The fourth-order valence-corrected chi connectivity index (χ4v) is 7.19. The molecule has 0 saturated carbocycles. The van der Waals surface area contributed by atoms with Gasteiger partial charge in [-0.2, -0.15) is 10.5 Å². The van der Waals surface area contributed by atoms with Crippen LogP contribution in [0.3, 0.4) is 0 Å². The van der Waals surface area contributed by atoms with Gasteiger partial charge in [0.2, 0.25) is 0 Å². The van der Waals surface area contributed by atoms with Crippen molar-refractivity contribution in [2.75, 3.05) is 28.4 Å². The van der Waals surface area contributed by atoms with Crippen LogP contribution in [0.4, 0.5) is 39.8 Å². The highest BCUT2D eigenvalue weighted by Crippen LogP contribution is 2.54. The first-order valence-electron chi connectivity index (χ1n) is 17.4. The Morgan fingerprint density at radius 2 is 1.26 bits per heavy atom. The van der Waals surface area contributed by atoms with E-state index in [1.54, 1.807) is 12.1 Å². The van der Waals surface area contributed by atoms with Crippen molar-refractivity contribution in [2.45, 2.75) is 0 Å². The van der Waals surface area contributed by atoms with Gasteiger partial charge in [-0.3, -0.25) is 0 Å². The molecule has 54 heavy (non-hydrogen) atoms. The van der Waals surface area contributed by atoms with Gasteiger partial charge in [0.1, 0.15) is 24.5 Å². The second-order valence-electron chi connectivity index (χ2n) is 12.9. The Hall–Kier alpha value is -7.68. The molecule has 8 nitrogen and oxygen atoms in total. The van der Waals surface area contributed by atoms with Crippen LogP contribution in [0.15, 0.2) is 158 Å². The van der Waals surface area contributed by atoms with E-state index in [1.165, 1.54) is 0 Å². The van der Waals surface area contributed by atoms with Gasteiger partial charge in [0.25, 0.3) is 0 Å². The molecule has 3 aliphatic rings. The van der Waals surface area contributed by atoms with E-state index in [0.717, 1.165) is 56.9 Å². The van der Waals surface area contributed by atoms with E-state index >= 15 is 0 Å². The van der Waals surface area contributed by atoms with Crippen LogP contribution >= 0.6 is 0 Å². The summed E-state index contributed by atoms with van der Waals surface area (Å²) in [5.41, 5.74) is 8.92. The van der Waals surface area contributed by atoms with Gasteiger partial charge in [0.15, 0.2) is 23.0 Å². The van der Waals surface area contributed by atoms with Crippen LogP contribution in [-0.2, 0) is 0 Å². The van der Waals surface area contributed by atoms with E-state index in [1.807, 2.05) is 115 Å². The van der Waals surface area contributed by atoms with Gasteiger partial charge in [0, 0.05) is 30.4 Å². The Bertz CT molecular complexity index is 2620. The third-order valence-corrected chi connectivity index (χ3v) is 9.74. The van der Waals surface area contributed by atoms with Crippen molar-refractivity contribution < 1.29 is 14.2 Å². The standard InChI is InChI=1S/C46H31N5O3/c1-30-11-4-3-9-24-52-42-23-18-31(35-13-10-12-32(28-47)36(35)29-48)25-41(42)50(30)33-19-21-37-45(26-33)54-46-27-34(20-22-38(46)49(37)2)51-39-14-5-7-16-43(39)53-44-17-8-6-15-40(44)51/h3-23,25-27H,1,24H2,2H3/b9-3-,11-4-. The van der Waals surface area contributed by atoms with Crippen LogP contribution in [0, 0.1) is 22.7 Å². The Kier molecular flexibility index (Phi) is 7.84. The van der Waals surface area contributed by atoms with Gasteiger partial charge in [-0.15, -0.1) is 0 Å². The summed E-state index contributed by atoms with van der Waals surface area (Å²) >= 11 is 0. The fourth-order valence-electron chi connectivity index (χ4n) is 7.19. The zero-order valence-corrected chi connectivity index (χ0v) is 29.2. The number of benzene rings is 6. The number of anilines is 7. The highest BCUT2D eigenvalue weighted by Gasteiger charge is 2.29. The Labute approximate surface area is 313 Å². The second kappa shape index (κ2) is 13.1. The molecule has 6 aromatic rings. The van der Waals surface area contributed by atoms with Crippen LogP contribution in [0.1, 0.15) is 11.1 Å². The van der Waals surface area contributed by atoms with Crippen LogP contribution in [-0.4, -0.2) is 13.7 Å². The number of rotatable bonds is 3. The van der Waals surface area contributed by atoms with Crippen LogP contribution in [0.5, 0.6) is 28.7 Å². The molecule has 3 heterocycles. The van der Waals surface area contributed by atoms with E-state index < -0.39 is 0 Å². The van der Waals surface area contributed by atoms with Gasteiger partial charge in [-0.05, 0) is 84.4 Å². The maximum absolute atomic E-state index is 10.0. The summed E-state index contributed by atoms with van der Waals surface area (Å²) in [5, 5.41) is 19.8. The molecule has 0 unspecified atom stereocenters. The first-order chi connectivity index (χ1) is 26.5. The number of hydrogen-bond donors (Lipinski definition) is 0. The molecular formula is C46H31N5O3. The van der Waals surface area contributed by atoms with E-state index in [9.17, 15) is 10.5 Å². The Morgan fingerprint density at radius 3 is 1.94 bits per heavy atom. The van der Waals surface area contributed by atoms with Crippen molar-refractivity contribution in [1.82, 2.24) is 0 Å². The largest absolute Gasteiger partial charge is 0.487 e. The normalized spacial score (nSPS) is 14.9. The van der Waals surface area contributed by atoms with Crippen molar-refractivity contribution >= 4 is 39.8 Å². The lowest BCUT2D eigenvalue weighted by Crippen LogP contribution is -2.19. The molecule has 0 atom stereocenters. The summed E-state index contributed by atoms with van der Waals surface area (Å²) in [4.78, 5) is 6.34. The first kappa shape index (κ1) is 32.2. The van der Waals surface area contributed by atoms with E-state index in [2.05, 4.69) is 58.8 Å². The molecular weight excluding hydrogens is 671 g/mol. The Balaban J connectivity index is 1.14. The number of para-hydroxylation sites is 4. The minimum Gasteiger partial charge on any atom is -0.487 e. The van der Waals surface area contributed by atoms with E-state index in [0.29, 0.717) is 46.2 Å². The predicted octanol–water partition coefficient (Wildman–Crippen LogP) is 11.7. The van der Waals surface area contributed by atoms with Crippen LogP contribution in [0.2, 0.25) is 0 Å². The van der Waals surface area contributed by atoms with E-state index in [4.69, 9.17) is 14.2 Å². The van der Waals surface area contributed by atoms with Gasteiger partial charge in [0.05, 0.1) is 50.9 Å². The zero-order valence-electron chi connectivity index (χ0n) is 29.2. The van der Waals surface area contributed by atoms with Crippen molar-refractivity contribution in [2.24, 2.45) is 0 Å². The molecule has 0 amide bonds. The van der Waals surface area contributed by atoms with Crippen LogP contribution in [0.25, 0.3) is 11.1 Å². The van der Waals surface area contributed by atoms with Crippen molar-refractivity contribution in [3.8, 4) is 52.0 Å². The second-order valence-corrected chi connectivity index (χ2v) is 12.9. The predicted molar refractivity (Wildman–Crippen MR) is 212 cm³/mol. The molecule has 258 valence electrons. The summed E-state index contributed by atoms with van der Waals surface area (Å²) < 4.78 is 19.3. The van der Waals surface area contributed by atoms with Crippen molar-refractivity contribution in [1.29, 1.82) is 10.5 Å². The smallest absolute Gasteiger partial charge is 0.153 e. The molecule has 0 N–H and O–H groups in total. The number of fused-ring (bicyclic) bond motifs is 5. The quantitative estimate of drug-likeness (QED) is 0.180. The van der Waals surface area contributed by atoms with Gasteiger partial charge in [-0.25, -0.2) is 0 Å². The Morgan fingerprint density at radius 1 is 0.593 bits per heavy atom. The summed E-state index contributed by atoms with van der Waals surface area (Å²) in [6.45, 7) is 4.82. The number of hydrogen-bond acceptors (Lipinski definition) is 8. The monoisotopic (exact) mass is 701 g/mol. The lowest BCUT2D eigenvalue weighted by atomic mass is 9.95. The maximum Gasteiger partial charge on any atom is 0.153 e. The molecule has 0 fully saturated rings. The molecule has 0 bridgehead atoms. The average molecular weight is 702 g/mol. The molecule has 8 heteroatoms. The third-order valence-electron chi connectivity index (χ3n) is 9.74. The average Bonchev–Trinajstić information content (AvgIpc) is 3.21. The molecule has 6 aromatic carbocycles. The minimum atomic E-state index is 0.321. The zero-order chi connectivity index (χ0) is 36.8. The highest BCUT2D eigenvalue weighted by molar-refractivity contribution is 5.90. The highest BCUT2D eigenvalue weighted by atomic mass is 16.5. The van der Waals surface area contributed by atoms with Gasteiger partial charge >= 0.3 is 0 Å². The van der Waals surface area contributed by atoms with Gasteiger partial charge < -0.3 is 28.9 Å². The van der Waals surface area contributed by atoms with Crippen LogP contribution < -0.4 is 28.9 Å². The summed E-state index contributed by atoms with van der Waals surface area (Å²) in [6.07, 6.45) is 7.74. The number of ether oxygens (including phenoxy) is 3. The SMILES string of the molecule is C=C1/C=C\C=C/COc2ccc(-c3cccc(C#N)c3C#N)cc2N1c1ccc2c(c1)Oc1cc(N3c4ccccc4Oc4ccccc43)ccc1N2C. The first-order valence-corrected chi connectivity index (χ1v) is 17.4. The molecule has 3 aliphatic heterocycles. The molecule has 0 radical (unpaired) electrons. The summed E-state index contributed by atoms with van der Waals surface area (Å²) in [7, 11) is 2.04. The van der Waals surface area contributed by atoms with Crippen molar-refractivity contribution in [3.05, 3.63) is 169 Å². The minimum absolute atomic E-state index is 0.321. The summed E-state index contributed by atoms with van der Waals surface area (Å²) in [5.74, 6) is 3.56. The lowest BCUT2D eigenvalue weighted by molar-refractivity contribution is 0.364. The third kappa shape index (κ3) is 5.38. The van der Waals surface area contributed by atoms with Crippen molar-refractivity contribution in [3.63, 3.8) is 0 Å².